The number of benzene rings is 1. The number of hydrogen-bond acceptors (Lipinski definition) is 5. The lowest BCUT2D eigenvalue weighted by molar-refractivity contribution is 0.296. The molecule has 2 heterocycles. The van der Waals surface area contributed by atoms with Gasteiger partial charge in [-0.2, -0.15) is 0 Å². The van der Waals surface area contributed by atoms with Crippen molar-refractivity contribution < 1.29 is 14.0 Å². The van der Waals surface area contributed by atoms with Crippen molar-refractivity contribution in [3.63, 3.8) is 0 Å². The van der Waals surface area contributed by atoms with Crippen molar-refractivity contribution in [3.05, 3.63) is 22.7 Å². The van der Waals surface area contributed by atoms with E-state index in [-0.39, 0.29) is 5.88 Å². The number of halogens is 1. The van der Waals surface area contributed by atoms with Crippen molar-refractivity contribution in [1.82, 2.24) is 5.16 Å². The largest absolute Gasteiger partial charge is 0.489 e. The van der Waals surface area contributed by atoms with Gasteiger partial charge < -0.3 is 19.7 Å². The van der Waals surface area contributed by atoms with Crippen molar-refractivity contribution in [2.75, 3.05) is 18.9 Å². The highest BCUT2D eigenvalue weighted by atomic mass is 79.9. The van der Waals surface area contributed by atoms with Gasteiger partial charge in [0.25, 0.3) is 0 Å². The molecule has 6 heteroatoms. The third-order valence-electron chi connectivity index (χ3n) is 2.63. The lowest BCUT2D eigenvalue weighted by Crippen LogP contribution is -1.97. The molecule has 0 amide bonds. The van der Waals surface area contributed by atoms with Crippen LogP contribution in [0.25, 0.3) is 11.3 Å². The second-order valence-corrected chi connectivity index (χ2v) is 4.80. The lowest BCUT2D eigenvalue weighted by Gasteiger charge is -2.10. The number of nitrogen functional groups attached to an aromatic ring is 1. The summed E-state index contributed by atoms with van der Waals surface area (Å²) in [6, 6.07) is 5.46. The normalized spacial score (nSPS) is 14.3. The molecule has 94 valence electrons. The van der Waals surface area contributed by atoms with Gasteiger partial charge in [0.15, 0.2) is 11.5 Å². The Labute approximate surface area is 112 Å². The molecule has 1 aliphatic heterocycles. The van der Waals surface area contributed by atoms with Gasteiger partial charge in [0, 0.05) is 18.1 Å². The molecule has 0 saturated carbocycles. The molecule has 0 spiro atoms. The van der Waals surface area contributed by atoms with E-state index < -0.39 is 0 Å². The van der Waals surface area contributed by atoms with Crippen molar-refractivity contribution in [3.8, 4) is 22.8 Å². The summed E-state index contributed by atoms with van der Waals surface area (Å²) in [6.45, 7) is 1.30. The molecule has 5 nitrogen and oxygen atoms in total. The zero-order valence-electron chi connectivity index (χ0n) is 9.48. The second-order valence-electron chi connectivity index (χ2n) is 3.95. The molecule has 1 aromatic carbocycles. The van der Waals surface area contributed by atoms with Crippen molar-refractivity contribution in [2.24, 2.45) is 0 Å². The molecule has 0 fully saturated rings. The van der Waals surface area contributed by atoms with Gasteiger partial charge >= 0.3 is 0 Å². The molecular weight excluding hydrogens is 300 g/mol. The fourth-order valence-corrected chi connectivity index (χ4v) is 2.36. The Balaban J connectivity index is 2.07. The molecule has 2 N–H and O–H groups in total. The molecule has 0 saturated heterocycles. The molecule has 18 heavy (non-hydrogen) atoms. The van der Waals surface area contributed by atoms with Gasteiger partial charge in [0.1, 0.15) is 5.69 Å². The Kier molecular flexibility index (Phi) is 2.87. The van der Waals surface area contributed by atoms with Crippen molar-refractivity contribution in [1.29, 1.82) is 0 Å². The number of rotatable bonds is 1. The van der Waals surface area contributed by atoms with Crippen LogP contribution in [0.5, 0.6) is 11.5 Å². The van der Waals surface area contributed by atoms with Gasteiger partial charge in [0.05, 0.1) is 17.7 Å². The van der Waals surface area contributed by atoms with Crippen molar-refractivity contribution in [2.45, 2.75) is 6.42 Å². The summed E-state index contributed by atoms with van der Waals surface area (Å²) in [4.78, 5) is 0. The van der Waals surface area contributed by atoms with Crippen LogP contribution in [0, 0.1) is 0 Å². The van der Waals surface area contributed by atoms with E-state index in [1.54, 1.807) is 6.07 Å². The Morgan fingerprint density at radius 1 is 1.17 bits per heavy atom. The van der Waals surface area contributed by atoms with E-state index in [9.17, 15) is 0 Å². The Morgan fingerprint density at radius 2 is 2.00 bits per heavy atom. The first-order valence-electron chi connectivity index (χ1n) is 5.56. The highest BCUT2D eigenvalue weighted by Crippen LogP contribution is 2.40. The van der Waals surface area contributed by atoms with Gasteiger partial charge in [-0.25, -0.2) is 0 Å². The third kappa shape index (κ3) is 2.03. The number of hydrogen-bond donors (Lipinski definition) is 1. The minimum atomic E-state index is 0.285. The van der Waals surface area contributed by atoms with Crippen LogP contribution >= 0.6 is 15.9 Å². The third-order valence-corrected chi connectivity index (χ3v) is 3.22. The van der Waals surface area contributed by atoms with E-state index in [1.165, 1.54) is 0 Å². The van der Waals surface area contributed by atoms with Gasteiger partial charge in [-0.05, 0) is 28.1 Å². The number of fused-ring (bicyclic) bond motifs is 1. The quantitative estimate of drug-likeness (QED) is 0.877. The maximum atomic E-state index is 5.65. The van der Waals surface area contributed by atoms with Gasteiger partial charge in [-0.1, -0.05) is 5.16 Å². The molecule has 0 radical (unpaired) electrons. The average Bonchev–Trinajstić information content (AvgIpc) is 2.63. The van der Waals surface area contributed by atoms with E-state index in [0.717, 1.165) is 22.2 Å². The molecule has 0 bridgehead atoms. The Hall–Kier alpha value is -1.69. The fourth-order valence-electron chi connectivity index (χ4n) is 1.80. The van der Waals surface area contributed by atoms with Crippen LogP contribution < -0.4 is 15.2 Å². The highest BCUT2D eigenvalue weighted by molar-refractivity contribution is 9.10. The summed E-state index contributed by atoms with van der Waals surface area (Å²) < 4.78 is 17.0. The predicted molar refractivity (Wildman–Crippen MR) is 69.7 cm³/mol. The zero-order chi connectivity index (χ0) is 12.5. The number of anilines is 1. The molecule has 1 aliphatic rings. The number of nitrogens with two attached hydrogens (primary N) is 1. The Bertz CT molecular complexity index is 583. The van der Waals surface area contributed by atoms with Crippen LogP contribution in [-0.4, -0.2) is 18.4 Å². The van der Waals surface area contributed by atoms with Crippen LogP contribution in [0.1, 0.15) is 6.42 Å². The molecular formula is C12H11BrN2O3. The first kappa shape index (κ1) is 11.4. The van der Waals surface area contributed by atoms with Gasteiger partial charge in [0.2, 0.25) is 5.88 Å². The van der Waals surface area contributed by atoms with Crippen LogP contribution in [0.4, 0.5) is 5.88 Å². The molecule has 0 unspecified atom stereocenters. The SMILES string of the molecule is Nc1cc(-c2cc(Br)c3c(c2)OCCCO3)no1. The monoisotopic (exact) mass is 310 g/mol. The minimum absolute atomic E-state index is 0.285. The Morgan fingerprint density at radius 3 is 2.78 bits per heavy atom. The molecule has 3 rings (SSSR count). The van der Waals surface area contributed by atoms with E-state index in [1.807, 2.05) is 12.1 Å². The van der Waals surface area contributed by atoms with Crippen LogP contribution in [0.15, 0.2) is 27.2 Å². The van der Waals surface area contributed by atoms with Crippen molar-refractivity contribution >= 4 is 21.8 Å². The maximum absolute atomic E-state index is 5.65. The van der Waals surface area contributed by atoms with Crippen LogP contribution in [0.2, 0.25) is 0 Å². The first-order valence-corrected chi connectivity index (χ1v) is 6.35. The summed E-state index contributed by atoms with van der Waals surface area (Å²) in [7, 11) is 0. The van der Waals surface area contributed by atoms with E-state index >= 15 is 0 Å². The number of nitrogens with zero attached hydrogens (tertiary/aromatic N) is 1. The highest BCUT2D eigenvalue weighted by Gasteiger charge is 2.17. The van der Waals surface area contributed by atoms with Gasteiger partial charge in [-0.3, -0.25) is 0 Å². The average molecular weight is 311 g/mol. The summed E-state index contributed by atoms with van der Waals surface area (Å²) in [6.07, 6.45) is 0.868. The molecule has 0 aliphatic carbocycles. The first-order chi connectivity index (χ1) is 8.74. The molecule has 0 atom stereocenters. The van der Waals surface area contributed by atoms with E-state index in [2.05, 4.69) is 21.1 Å². The summed E-state index contributed by atoms with van der Waals surface area (Å²) in [5.74, 6) is 1.72. The zero-order valence-corrected chi connectivity index (χ0v) is 11.1. The summed E-state index contributed by atoms with van der Waals surface area (Å²) in [5, 5.41) is 3.88. The maximum Gasteiger partial charge on any atom is 0.222 e. The predicted octanol–water partition coefficient (Wildman–Crippen LogP) is 2.85. The van der Waals surface area contributed by atoms with Crippen LogP contribution in [0.3, 0.4) is 0 Å². The van der Waals surface area contributed by atoms with Gasteiger partial charge in [-0.15, -0.1) is 0 Å². The second kappa shape index (κ2) is 4.53. The summed E-state index contributed by atoms with van der Waals surface area (Å²) in [5.41, 5.74) is 7.06. The van der Waals surface area contributed by atoms with Crippen LogP contribution in [-0.2, 0) is 0 Å². The molecule has 1 aromatic heterocycles. The lowest BCUT2D eigenvalue weighted by atomic mass is 10.1. The minimum Gasteiger partial charge on any atom is -0.489 e. The topological polar surface area (TPSA) is 70.5 Å². The smallest absolute Gasteiger partial charge is 0.222 e. The van der Waals surface area contributed by atoms with E-state index in [0.29, 0.717) is 24.7 Å². The number of ether oxygens (including phenoxy) is 2. The summed E-state index contributed by atoms with van der Waals surface area (Å²) >= 11 is 3.48. The number of aromatic nitrogens is 1. The van der Waals surface area contributed by atoms with E-state index in [4.69, 9.17) is 19.7 Å². The standard InChI is InChI=1S/C12H11BrN2O3/c13-8-4-7(9-6-11(14)18-15-9)5-10-12(8)17-3-1-2-16-10/h4-6H,1-3,14H2. The fraction of sp³-hybridized carbons (Fsp3) is 0.250. The molecule has 2 aromatic rings.